The molecule has 0 saturated heterocycles. The van der Waals surface area contributed by atoms with Crippen LogP contribution in [0, 0.1) is 0 Å². The van der Waals surface area contributed by atoms with Gasteiger partial charge in [-0.05, 0) is 50.8 Å². The molecule has 0 atom stereocenters. The van der Waals surface area contributed by atoms with E-state index < -0.39 is 0 Å². The molecule has 2 aromatic rings. The van der Waals surface area contributed by atoms with Gasteiger partial charge >= 0.3 is 0 Å². The van der Waals surface area contributed by atoms with Gasteiger partial charge in [0.05, 0.1) is 5.56 Å². The molecule has 2 N–H and O–H groups in total. The maximum atomic E-state index is 12.2. The molecule has 24 heavy (non-hydrogen) atoms. The lowest BCUT2D eigenvalue weighted by Crippen LogP contribution is -2.23. The number of hydrogen-bond donors (Lipinski definition) is 2. The van der Waals surface area contributed by atoms with Crippen molar-refractivity contribution in [2.24, 2.45) is 0 Å². The van der Waals surface area contributed by atoms with E-state index in [2.05, 4.69) is 20.5 Å². The largest absolute Gasteiger partial charge is 0.370 e. The van der Waals surface area contributed by atoms with Crippen molar-refractivity contribution in [1.82, 2.24) is 15.2 Å². The summed E-state index contributed by atoms with van der Waals surface area (Å²) in [4.78, 5) is 18.6. The van der Waals surface area contributed by atoms with Gasteiger partial charge < -0.3 is 15.5 Å². The molecule has 6 heteroatoms. The minimum Gasteiger partial charge on any atom is -0.370 e. The first-order chi connectivity index (χ1) is 11.6. The first-order valence-corrected chi connectivity index (χ1v) is 8.30. The summed E-state index contributed by atoms with van der Waals surface area (Å²) < 4.78 is 0. The highest BCUT2D eigenvalue weighted by Crippen LogP contribution is 2.14. The van der Waals surface area contributed by atoms with Crippen LogP contribution >= 0.6 is 11.6 Å². The first kappa shape index (κ1) is 18.2. The molecule has 0 aliphatic rings. The van der Waals surface area contributed by atoms with Crippen molar-refractivity contribution in [3.63, 3.8) is 0 Å². The van der Waals surface area contributed by atoms with E-state index in [9.17, 15) is 4.79 Å². The Morgan fingerprint density at radius 3 is 2.67 bits per heavy atom. The molecular weight excluding hydrogens is 324 g/mol. The van der Waals surface area contributed by atoms with E-state index in [0.717, 1.165) is 30.9 Å². The van der Waals surface area contributed by atoms with Crippen LogP contribution in [0.5, 0.6) is 0 Å². The number of nitrogens with zero attached hydrogens (tertiary/aromatic N) is 2. The number of carbonyl (C=O) groups excluding carboxylic acids is 1. The van der Waals surface area contributed by atoms with Gasteiger partial charge in [0.2, 0.25) is 0 Å². The van der Waals surface area contributed by atoms with Gasteiger partial charge in [0.15, 0.2) is 0 Å². The molecule has 0 radical (unpaired) electrons. The highest BCUT2D eigenvalue weighted by atomic mass is 35.5. The number of anilines is 1. The van der Waals surface area contributed by atoms with Crippen molar-refractivity contribution in [2.75, 3.05) is 32.5 Å². The molecule has 5 nitrogen and oxygen atoms in total. The van der Waals surface area contributed by atoms with Crippen molar-refractivity contribution in [3.8, 4) is 0 Å². The van der Waals surface area contributed by atoms with Gasteiger partial charge in [-0.25, -0.2) is 4.98 Å². The lowest BCUT2D eigenvalue weighted by Gasteiger charge is -2.10. The average molecular weight is 347 g/mol. The highest BCUT2D eigenvalue weighted by molar-refractivity contribution is 6.31. The molecule has 1 amide bonds. The lowest BCUT2D eigenvalue weighted by atomic mass is 10.2. The van der Waals surface area contributed by atoms with Crippen LogP contribution in [0.3, 0.4) is 0 Å². The number of pyridine rings is 1. The minimum atomic E-state index is -0.165. The maximum Gasteiger partial charge on any atom is 0.253 e. The van der Waals surface area contributed by atoms with Crippen LogP contribution < -0.4 is 10.6 Å². The van der Waals surface area contributed by atoms with Gasteiger partial charge in [-0.3, -0.25) is 4.79 Å². The Balaban J connectivity index is 1.81. The van der Waals surface area contributed by atoms with Gasteiger partial charge in [0, 0.05) is 24.3 Å². The fourth-order valence-corrected chi connectivity index (χ4v) is 2.37. The monoisotopic (exact) mass is 346 g/mol. The summed E-state index contributed by atoms with van der Waals surface area (Å²) in [5, 5.41) is 6.74. The van der Waals surface area contributed by atoms with E-state index in [1.54, 1.807) is 18.3 Å². The van der Waals surface area contributed by atoms with E-state index in [1.807, 2.05) is 38.4 Å². The summed E-state index contributed by atoms with van der Waals surface area (Å²) in [5.41, 5.74) is 1.42. The number of benzene rings is 1. The summed E-state index contributed by atoms with van der Waals surface area (Å²) in [7, 11) is 4.10. The molecule has 0 saturated carbocycles. The molecule has 128 valence electrons. The van der Waals surface area contributed by atoms with Crippen LogP contribution in [0.1, 0.15) is 22.3 Å². The molecule has 0 spiro atoms. The van der Waals surface area contributed by atoms with E-state index >= 15 is 0 Å². The third kappa shape index (κ3) is 5.83. The Morgan fingerprint density at radius 1 is 1.21 bits per heavy atom. The van der Waals surface area contributed by atoms with E-state index in [0.29, 0.717) is 17.1 Å². The molecule has 0 bridgehead atoms. The second-order valence-electron chi connectivity index (χ2n) is 5.79. The Bertz CT molecular complexity index is 658. The standard InChI is InChI=1S/C18H23ClN4O/c1-23(2)11-5-10-20-17-9-8-15(13-21-17)18(24)22-12-14-6-3-4-7-16(14)19/h3-4,6-9,13H,5,10-12H2,1-2H3,(H,20,21)(H,22,24). The molecule has 1 aromatic carbocycles. The zero-order valence-electron chi connectivity index (χ0n) is 14.1. The number of rotatable bonds is 8. The smallest absolute Gasteiger partial charge is 0.253 e. The Morgan fingerprint density at radius 2 is 2.00 bits per heavy atom. The van der Waals surface area contributed by atoms with Crippen LogP contribution in [0.25, 0.3) is 0 Å². The maximum absolute atomic E-state index is 12.2. The quantitative estimate of drug-likeness (QED) is 0.721. The molecule has 0 aliphatic heterocycles. The predicted molar refractivity (Wildman–Crippen MR) is 98.5 cm³/mol. The Hall–Kier alpha value is -2.11. The second-order valence-corrected chi connectivity index (χ2v) is 6.20. The average Bonchev–Trinajstić information content (AvgIpc) is 2.58. The van der Waals surface area contributed by atoms with Crippen LogP contribution in [-0.4, -0.2) is 43.0 Å². The SMILES string of the molecule is CN(C)CCCNc1ccc(C(=O)NCc2ccccc2Cl)cn1. The number of halogens is 1. The molecule has 2 rings (SSSR count). The normalized spacial score (nSPS) is 10.7. The van der Waals surface area contributed by atoms with E-state index in [1.165, 1.54) is 0 Å². The summed E-state index contributed by atoms with van der Waals surface area (Å²) in [6.45, 7) is 2.27. The second kappa shape index (κ2) is 9.25. The molecule has 1 aromatic heterocycles. The summed E-state index contributed by atoms with van der Waals surface area (Å²) in [5.74, 6) is 0.609. The third-order valence-electron chi connectivity index (χ3n) is 3.51. The molecule has 1 heterocycles. The fraction of sp³-hybridized carbons (Fsp3) is 0.333. The summed E-state index contributed by atoms with van der Waals surface area (Å²) in [6.07, 6.45) is 2.62. The predicted octanol–water partition coefficient (Wildman–Crippen LogP) is 3.03. The van der Waals surface area contributed by atoms with Gasteiger partial charge in [-0.15, -0.1) is 0 Å². The van der Waals surface area contributed by atoms with Crippen molar-refractivity contribution in [3.05, 3.63) is 58.7 Å². The van der Waals surface area contributed by atoms with Crippen molar-refractivity contribution in [2.45, 2.75) is 13.0 Å². The first-order valence-electron chi connectivity index (χ1n) is 7.92. The van der Waals surface area contributed by atoms with Gasteiger partial charge in [0.25, 0.3) is 5.91 Å². The van der Waals surface area contributed by atoms with Crippen LogP contribution in [0.2, 0.25) is 5.02 Å². The lowest BCUT2D eigenvalue weighted by molar-refractivity contribution is 0.0950. The Kier molecular flexibility index (Phi) is 7.03. The van der Waals surface area contributed by atoms with Gasteiger partial charge in [-0.1, -0.05) is 29.8 Å². The highest BCUT2D eigenvalue weighted by Gasteiger charge is 2.07. The topological polar surface area (TPSA) is 57.3 Å². The van der Waals surface area contributed by atoms with E-state index in [4.69, 9.17) is 11.6 Å². The number of aromatic nitrogens is 1. The van der Waals surface area contributed by atoms with Crippen molar-refractivity contribution < 1.29 is 4.79 Å². The van der Waals surface area contributed by atoms with Crippen molar-refractivity contribution >= 4 is 23.3 Å². The summed E-state index contributed by atoms with van der Waals surface area (Å²) in [6, 6.07) is 11.0. The molecule has 0 fully saturated rings. The number of hydrogen-bond acceptors (Lipinski definition) is 4. The summed E-state index contributed by atoms with van der Waals surface area (Å²) >= 11 is 6.08. The van der Waals surface area contributed by atoms with Gasteiger partial charge in [0.1, 0.15) is 5.82 Å². The van der Waals surface area contributed by atoms with E-state index in [-0.39, 0.29) is 5.91 Å². The minimum absolute atomic E-state index is 0.165. The zero-order chi connectivity index (χ0) is 17.4. The molecule has 0 unspecified atom stereocenters. The van der Waals surface area contributed by atoms with Crippen molar-refractivity contribution in [1.29, 1.82) is 0 Å². The number of amides is 1. The zero-order valence-corrected chi connectivity index (χ0v) is 14.8. The third-order valence-corrected chi connectivity index (χ3v) is 3.88. The van der Waals surface area contributed by atoms with Gasteiger partial charge in [-0.2, -0.15) is 0 Å². The van der Waals surface area contributed by atoms with Crippen LogP contribution in [0.15, 0.2) is 42.6 Å². The van der Waals surface area contributed by atoms with Crippen LogP contribution in [0.4, 0.5) is 5.82 Å². The Labute approximate surface area is 148 Å². The number of nitrogens with one attached hydrogen (secondary N) is 2. The fourth-order valence-electron chi connectivity index (χ4n) is 2.16. The molecule has 0 aliphatic carbocycles. The molecular formula is C18H23ClN4O. The number of carbonyl (C=O) groups is 1. The van der Waals surface area contributed by atoms with Crippen LogP contribution in [-0.2, 0) is 6.54 Å².